The molecular formula is C30H57O9S3Sb. The summed E-state index contributed by atoms with van der Waals surface area (Å²) in [6, 6.07) is 0. The van der Waals surface area contributed by atoms with Crippen molar-refractivity contribution in [3.05, 3.63) is 0 Å². The van der Waals surface area contributed by atoms with Crippen LogP contribution in [0.3, 0.4) is 0 Å². The molecule has 0 fully saturated rings. The Labute approximate surface area is 291 Å². The zero-order chi connectivity index (χ0) is 32.9. The molecule has 6 atom stereocenters. The molecule has 0 aliphatic heterocycles. The van der Waals surface area contributed by atoms with Gasteiger partial charge >= 0.3 is 24.4 Å². The van der Waals surface area contributed by atoms with E-state index in [4.69, 9.17) is 15.3 Å². The summed E-state index contributed by atoms with van der Waals surface area (Å²) in [5.74, 6) is -0.541. The first-order valence-corrected chi connectivity index (χ1v) is 18.5. The van der Waals surface area contributed by atoms with Crippen molar-refractivity contribution in [2.45, 2.75) is 135 Å². The Hall–Kier alpha value is 0.158. The molecule has 0 aliphatic rings. The monoisotopic (exact) mass is 778 g/mol. The van der Waals surface area contributed by atoms with Gasteiger partial charge in [-0.25, -0.2) is 0 Å². The Kier molecular flexibility index (Phi) is 40.7. The number of carbonyl (C=O) groups is 3. The van der Waals surface area contributed by atoms with Crippen LogP contribution >= 0.6 is 35.3 Å². The largest absolute Gasteiger partial charge is 3.00 e. The van der Waals surface area contributed by atoms with E-state index in [2.05, 4.69) is 41.5 Å². The fourth-order valence-electron chi connectivity index (χ4n) is 3.58. The van der Waals surface area contributed by atoms with Crippen molar-refractivity contribution in [2.24, 2.45) is 17.8 Å². The van der Waals surface area contributed by atoms with Gasteiger partial charge in [-0.15, -0.1) is 35.3 Å². The molecule has 0 aromatic heterocycles. The minimum atomic E-state index is -1.39. The second kappa shape index (κ2) is 35.0. The summed E-state index contributed by atoms with van der Waals surface area (Å²) in [5.41, 5.74) is -4.11. The summed E-state index contributed by atoms with van der Waals surface area (Å²) in [5, 5.41) is 57.7. The van der Waals surface area contributed by atoms with Crippen LogP contribution in [0.15, 0.2) is 0 Å². The van der Waals surface area contributed by atoms with Crippen LogP contribution in [-0.4, -0.2) is 91.2 Å². The number of carbonyl (C=O) groups excluding carboxylic acids is 3. The molecule has 6 unspecified atom stereocenters. The van der Waals surface area contributed by atoms with Crippen molar-refractivity contribution in [3.8, 4) is 0 Å². The van der Waals surface area contributed by atoms with Gasteiger partial charge in [-0.1, -0.05) is 99.3 Å². The minimum Gasteiger partial charge on any atom is -0.546 e. The number of rotatable bonds is 24. The van der Waals surface area contributed by atoms with E-state index in [0.29, 0.717) is 35.0 Å². The Bertz CT molecular complexity index is 577. The smallest absolute Gasteiger partial charge is 0.546 e. The average molecular weight is 780 g/mol. The van der Waals surface area contributed by atoms with Crippen LogP contribution in [0.25, 0.3) is 0 Å². The second-order valence-corrected chi connectivity index (χ2v) is 13.6. The maximum atomic E-state index is 10.2. The first kappa shape index (κ1) is 50.0. The number of aliphatic hydroxyl groups excluding tert-OH is 3. The predicted molar refractivity (Wildman–Crippen MR) is 176 cm³/mol. The molecule has 2 radical (unpaired) electrons. The Morgan fingerprint density at radius 1 is 0.512 bits per heavy atom. The van der Waals surface area contributed by atoms with Gasteiger partial charge in [0, 0.05) is 0 Å². The fourth-order valence-corrected chi connectivity index (χ4v) is 6.56. The van der Waals surface area contributed by atoms with E-state index in [1.165, 1.54) is 19.3 Å². The number of carboxylic acids is 3. The summed E-state index contributed by atoms with van der Waals surface area (Å²) >= 11 is 3.18. The molecule has 0 amide bonds. The van der Waals surface area contributed by atoms with E-state index in [0.717, 1.165) is 93.1 Å². The van der Waals surface area contributed by atoms with E-state index in [9.17, 15) is 29.7 Å². The maximum Gasteiger partial charge on any atom is 3.00 e. The topological polar surface area (TPSA) is 181 Å². The van der Waals surface area contributed by atoms with Crippen LogP contribution < -0.4 is 15.3 Å². The second-order valence-electron chi connectivity index (χ2n) is 10.3. The average Bonchev–Trinajstić information content (AvgIpc) is 2.97. The number of carboxylic acid groups (broad SMARTS) is 3. The van der Waals surface area contributed by atoms with Crippen LogP contribution in [0, 0.1) is 17.8 Å². The third-order valence-electron chi connectivity index (χ3n) is 6.70. The fraction of sp³-hybridized carbons (Fsp3) is 0.900. The summed E-state index contributed by atoms with van der Waals surface area (Å²) in [6.45, 7) is 12.7. The standard InChI is InChI=1S/3C10H20O3S.Sb/c3*1-3-5-6-8(4-2)7-14-10(13)9(11)12;/h3*8,10,13H,3-7H2,1-2H3,(H,11,12);/q;;;+3/p-3. The zero-order valence-electron chi connectivity index (χ0n) is 27.0. The van der Waals surface area contributed by atoms with Crippen molar-refractivity contribution in [1.82, 2.24) is 0 Å². The van der Waals surface area contributed by atoms with Gasteiger partial charge in [0.25, 0.3) is 0 Å². The van der Waals surface area contributed by atoms with Crippen LogP contribution in [0.5, 0.6) is 0 Å². The number of aliphatic carboxylic acids is 3. The normalized spacial score (nSPS) is 14.7. The van der Waals surface area contributed by atoms with Gasteiger partial charge in [-0.05, 0) is 54.3 Å². The molecule has 0 aromatic carbocycles. The first-order valence-electron chi connectivity index (χ1n) is 15.4. The molecule has 43 heavy (non-hydrogen) atoms. The van der Waals surface area contributed by atoms with Gasteiger partial charge in [-0.2, -0.15) is 0 Å². The van der Waals surface area contributed by atoms with Crippen molar-refractivity contribution >= 4 is 77.6 Å². The zero-order valence-corrected chi connectivity index (χ0v) is 32.0. The van der Waals surface area contributed by atoms with Gasteiger partial charge in [0.05, 0.1) is 17.9 Å². The molecule has 0 spiro atoms. The first-order chi connectivity index (χ1) is 19.8. The van der Waals surface area contributed by atoms with Crippen molar-refractivity contribution in [2.75, 3.05) is 17.3 Å². The molecule has 0 rings (SSSR count). The van der Waals surface area contributed by atoms with E-state index in [1.807, 2.05) is 0 Å². The summed E-state index contributed by atoms with van der Waals surface area (Å²) in [7, 11) is 0. The van der Waals surface area contributed by atoms with Gasteiger partial charge in [-0.3, -0.25) is 0 Å². The molecule has 13 heteroatoms. The molecule has 0 aliphatic carbocycles. The predicted octanol–water partition coefficient (Wildman–Crippen LogP) is 2.63. The quantitative estimate of drug-likeness (QED) is 0.0965. The van der Waals surface area contributed by atoms with E-state index >= 15 is 0 Å². The molecule has 0 saturated carbocycles. The summed E-state index contributed by atoms with van der Waals surface area (Å²) in [6.07, 6.45) is 13.4. The summed E-state index contributed by atoms with van der Waals surface area (Å²) in [4.78, 5) is 30.7. The SMILES string of the molecule is CCCCC(CC)CSC(O)C(=O)[O-].CCCCC(CC)CSC(O)C(=O)[O-].CCCCC(CC)CSC(O)C(=O)[O-].[Sb+3]. The number of hydrogen-bond donors (Lipinski definition) is 3. The minimum absolute atomic E-state index is 0. The van der Waals surface area contributed by atoms with Crippen LogP contribution in [0.1, 0.15) is 119 Å². The van der Waals surface area contributed by atoms with Crippen molar-refractivity contribution < 1.29 is 45.0 Å². The van der Waals surface area contributed by atoms with Gasteiger partial charge < -0.3 is 45.0 Å². The maximum absolute atomic E-state index is 10.2. The summed E-state index contributed by atoms with van der Waals surface area (Å²) < 4.78 is 0. The number of hydrogen-bond acceptors (Lipinski definition) is 12. The Balaban J connectivity index is -0.000000262. The van der Waals surface area contributed by atoms with Crippen LogP contribution in [0.2, 0.25) is 0 Å². The van der Waals surface area contributed by atoms with Crippen LogP contribution in [0.4, 0.5) is 0 Å². The Morgan fingerprint density at radius 3 is 0.860 bits per heavy atom. The van der Waals surface area contributed by atoms with Crippen molar-refractivity contribution in [1.29, 1.82) is 0 Å². The molecule has 0 aromatic rings. The van der Waals surface area contributed by atoms with E-state index < -0.39 is 34.2 Å². The molecule has 254 valence electrons. The van der Waals surface area contributed by atoms with Crippen molar-refractivity contribution in [3.63, 3.8) is 0 Å². The third kappa shape index (κ3) is 33.3. The molecule has 0 saturated heterocycles. The molecule has 3 N–H and O–H groups in total. The number of thioether (sulfide) groups is 3. The van der Waals surface area contributed by atoms with Gasteiger partial charge in [0.2, 0.25) is 0 Å². The molecular weight excluding hydrogens is 722 g/mol. The van der Waals surface area contributed by atoms with E-state index in [-0.39, 0.29) is 24.4 Å². The van der Waals surface area contributed by atoms with Crippen LogP contribution in [-0.2, 0) is 14.4 Å². The number of aliphatic hydroxyl groups is 3. The number of unbranched alkanes of at least 4 members (excludes halogenated alkanes) is 3. The van der Waals surface area contributed by atoms with Gasteiger partial charge in [0.15, 0.2) is 0 Å². The van der Waals surface area contributed by atoms with Gasteiger partial charge in [0.1, 0.15) is 16.3 Å². The third-order valence-corrected chi connectivity index (χ3v) is 10.2. The molecule has 9 nitrogen and oxygen atoms in total. The van der Waals surface area contributed by atoms with E-state index in [1.54, 1.807) is 0 Å². The molecule has 0 bridgehead atoms. The molecule has 0 heterocycles. The Morgan fingerprint density at radius 2 is 0.721 bits per heavy atom.